The summed E-state index contributed by atoms with van der Waals surface area (Å²) in [4.78, 5) is 22.7. The number of aliphatic carboxylic acids is 1. The molecule has 0 saturated carbocycles. The van der Waals surface area contributed by atoms with Crippen molar-refractivity contribution in [3.8, 4) is 0 Å². The summed E-state index contributed by atoms with van der Waals surface area (Å²) in [6, 6.07) is 5.42. The highest BCUT2D eigenvalue weighted by molar-refractivity contribution is 6.30. The molecule has 1 unspecified atom stereocenters. The number of halogens is 2. The quantitative estimate of drug-likeness (QED) is 0.894. The zero-order valence-electron chi connectivity index (χ0n) is 11.9. The fourth-order valence-electron chi connectivity index (χ4n) is 1.54. The molecular formula is C14H17ClFNO4. The van der Waals surface area contributed by atoms with Crippen molar-refractivity contribution in [2.24, 2.45) is 0 Å². The maximum atomic E-state index is 14.7. The van der Waals surface area contributed by atoms with Gasteiger partial charge in [-0.3, -0.25) is 0 Å². The van der Waals surface area contributed by atoms with E-state index in [0.29, 0.717) is 0 Å². The minimum absolute atomic E-state index is 0.154. The molecule has 0 aliphatic heterocycles. The molecule has 0 aromatic heterocycles. The van der Waals surface area contributed by atoms with Crippen LogP contribution in [0.5, 0.6) is 0 Å². The number of ether oxygens (including phenoxy) is 1. The van der Waals surface area contributed by atoms with E-state index in [-0.39, 0.29) is 10.6 Å². The number of hydrogen-bond acceptors (Lipinski definition) is 3. The average Bonchev–Trinajstić information content (AvgIpc) is 2.33. The lowest BCUT2D eigenvalue weighted by Gasteiger charge is -2.24. The molecule has 0 spiro atoms. The van der Waals surface area contributed by atoms with Crippen LogP contribution in [0.1, 0.15) is 26.3 Å². The molecule has 0 heterocycles. The van der Waals surface area contributed by atoms with Gasteiger partial charge in [-0.1, -0.05) is 23.7 Å². The Kier molecular flexibility index (Phi) is 5.17. The lowest BCUT2D eigenvalue weighted by atomic mass is 9.96. The largest absolute Gasteiger partial charge is 0.479 e. The van der Waals surface area contributed by atoms with Gasteiger partial charge in [0.1, 0.15) is 5.60 Å². The molecule has 1 atom stereocenters. The Balaban J connectivity index is 2.88. The lowest BCUT2D eigenvalue weighted by Crippen LogP contribution is -2.44. The molecule has 21 heavy (non-hydrogen) atoms. The number of nitrogens with one attached hydrogen (secondary N) is 1. The summed E-state index contributed by atoms with van der Waals surface area (Å²) in [5, 5.41) is 11.4. The molecule has 7 heteroatoms. The van der Waals surface area contributed by atoms with Gasteiger partial charge < -0.3 is 15.2 Å². The van der Waals surface area contributed by atoms with Crippen molar-refractivity contribution in [3.63, 3.8) is 0 Å². The minimum Gasteiger partial charge on any atom is -0.479 e. The monoisotopic (exact) mass is 317 g/mol. The Bertz CT molecular complexity index is 544. The van der Waals surface area contributed by atoms with Crippen LogP contribution < -0.4 is 5.32 Å². The second-order valence-corrected chi connectivity index (χ2v) is 5.91. The number of hydrogen-bond donors (Lipinski definition) is 2. The molecule has 1 aromatic rings. The predicted octanol–water partition coefficient (Wildman–Crippen LogP) is 3.11. The van der Waals surface area contributed by atoms with Gasteiger partial charge in [0.2, 0.25) is 5.67 Å². The van der Waals surface area contributed by atoms with E-state index in [1.54, 1.807) is 20.8 Å². The number of rotatable bonds is 4. The first-order valence-electron chi connectivity index (χ1n) is 6.20. The predicted molar refractivity (Wildman–Crippen MR) is 76.1 cm³/mol. The molecule has 0 fully saturated rings. The van der Waals surface area contributed by atoms with Gasteiger partial charge in [-0.15, -0.1) is 0 Å². The fraction of sp³-hybridized carbons (Fsp3) is 0.429. The van der Waals surface area contributed by atoms with Crippen molar-refractivity contribution in [2.45, 2.75) is 32.0 Å². The highest BCUT2D eigenvalue weighted by atomic mass is 35.5. The number of alkyl carbamates (subject to hydrolysis) is 1. The van der Waals surface area contributed by atoms with Gasteiger partial charge in [0.15, 0.2) is 0 Å². The number of carbonyl (C=O) groups excluding carboxylic acids is 1. The summed E-state index contributed by atoms with van der Waals surface area (Å²) in [5.41, 5.74) is -3.71. The van der Waals surface area contributed by atoms with Crippen LogP contribution >= 0.6 is 11.6 Å². The van der Waals surface area contributed by atoms with Gasteiger partial charge in [0.05, 0.1) is 6.54 Å². The first-order valence-corrected chi connectivity index (χ1v) is 6.57. The molecule has 1 amide bonds. The summed E-state index contributed by atoms with van der Waals surface area (Å²) in [7, 11) is 0. The van der Waals surface area contributed by atoms with E-state index in [2.05, 4.69) is 5.32 Å². The lowest BCUT2D eigenvalue weighted by molar-refractivity contribution is -0.151. The smallest absolute Gasteiger partial charge is 0.407 e. The Morgan fingerprint density at radius 3 is 2.48 bits per heavy atom. The maximum Gasteiger partial charge on any atom is 0.407 e. The van der Waals surface area contributed by atoms with Crippen LogP contribution in [-0.4, -0.2) is 29.3 Å². The summed E-state index contributed by atoms with van der Waals surface area (Å²) in [5.74, 6) is -1.72. The third kappa shape index (κ3) is 4.90. The molecule has 1 rings (SSSR count). The number of carboxylic acid groups (broad SMARTS) is 1. The molecule has 0 aliphatic rings. The third-order valence-corrected chi connectivity index (χ3v) is 2.73. The van der Waals surface area contributed by atoms with Gasteiger partial charge in [-0.2, -0.15) is 0 Å². The van der Waals surface area contributed by atoms with E-state index in [9.17, 15) is 14.0 Å². The first-order chi connectivity index (χ1) is 9.54. The van der Waals surface area contributed by atoms with Crippen LogP contribution in [0.25, 0.3) is 0 Å². The Hall–Kier alpha value is -1.82. The van der Waals surface area contributed by atoms with Crippen molar-refractivity contribution >= 4 is 23.7 Å². The zero-order chi connectivity index (χ0) is 16.3. The Morgan fingerprint density at radius 2 is 2.00 bits per heavy atom. The standard InChI is InChI=1S/C14H17ClFNO4/c1-13(2,3)21-12(20)17-8-14(16,11(18)19)9-5-4-6-10(15)7-9/h4-7H,8H2,1-3H3,(H,17,20)(H,18,19). The maximum absolute atomic E-state index is 14.7. The van der Waals surface area contributed by atoms with Crippen LogP contribution in [0.15, 0.2) is 24.3 Å². The second-order valence-electron chi connectivity index (χ2n) is 5.47. The Morgan fingerprint density at radius 1 is 1.38 bits per heavy atom. The zero-order valence-corrected chi connectivity index (χ0v) is 12.7. The van der Waals surface area contributed by atoms with Crippen LogP contribution in [-0.2, 0) is 15.2 Å². The van der Waals surface area contributed by atoms with Gasteiger partial charge in [-0.05, 0) is 32.9 Å². The van der Waals surface area contributed by atoms with Crippen LogP contribution in [0.4, 0.5) is 9.18 Å². The number of alkyl halides is 1. The van der Waals surface area contributed by atoms with Crippen LogP contribution in [0.3, 0.4) is 0 Å². The van der Waals surface area contributed by atoms with E-state index < -0.39 is 29.9 Å². The molecular weight excluding hydrogens is 301 g/mol. The molecule has 116 valence electrons. The molecule has 0 radical (unpaired) electrons. The third-order valence-electron chi connectivity index (χ3n) is 2.50. The number of carbonyl (C=O) groups is 2. The number of carboxylic acids is 1. The van der Waals surface area contributed by atoms with Gasteiger partial charge >= 0.3 is 12.1 Å². The molecule has 0 aliphatic carbocycles. The van der Waals surface area contributed by atoms with Gasteiger partial charge in [0, 0.05) is 10.6 Å². The topological polar surface area (TPSA) is 75.6 Å². The first kappa shape index (κ1) is 17.2. The summed E-state index contributed by atoms with van der Waals surface area (Å²) >= 11 is 5.73. The summed E-state index contributed by atoms with van der Waals surface area (Å²) in [6.07, 6.45) is -0.896. The Labute approximate surface area is 127 Å². The van der Waals surface area contributed by atoms with E-state index >= 15 is 0 Å². The van der Waals surface area contributed by atoms with Gasteiger partial charge in [0.25, 0.3) is 0 Å². The normalized spacial score (nSPS) is 14.1. The van der Waals surface area contributed by atoms with E-state index in [0.717, 1.165) is 0 Å². The van der Waals surface area contributed by atoms with Crippen molar-refractivity contribution in [1.82, 2.24) is 5.32 Å². The number of benzene rings is 1. The molecule has 0 saturated heterocycles. The van der Waals surface area contributed by atoms with E-state index in [4.69, 9.17) is 21.4 Å². The van der Waals surface area contributed by atoms with E-state index in [1.807, 2.05) is 0 Å². The highest BCUT2D eigenvalue weighted by Crippen LogP contribution is 2.28. The number of amides is 1. The van der Waals surface area contributed by atoms with Crippen molar-refractivity contribution in [1.29, 1.82) is 0 Å². The molecule has 1 aromatic carbocycles. The fourth-order valence-corrected chi connectivity index (χ4v) is 1.73. The molecule has 2 N–H and O–H groups in total. The van der Waals surface area contributed by atoms with Gasteiger partial charge in [-0.25, -0.2) is 14.0 Å². The van der Waals surface area contributed by atoms with Crippen LogP contribution in [0.2, 0.25) is 5.02 Å². The second kappa shape index (κ2) is 6.30. The SMILES string of the molecule is CC(C)(C)OC(=O)NCC(F)(C(=O)O)c1cccc(Cl)c1. The van der Waals surface area contributed by atoms with E-state index in [1.165, 1.54) is 24.3 Å². The van der Waals surface area contributed by atoms with Crippen LogP contribution in [0, 0.1) is 0 Å². The molecule has 0 bridgehead atoms. The van der Waals surface area contributed by atoms with Crippen molar-refractivity contribution in [3.05, 3.63) is 34.9 Å². The summed E-state index contributed by atoms with van der Waals surface area (Å²) < 4.78 is 19.6. The highest BCUT2D eigenvalue weighted by Gasteiger charge is 2.41. The van der Waals surface area contributed by atoms with Crippen molar-refractivity contribution in [2.75, 3.05) is 6.54 Å². The molecule has 5 nitrogen and oxygen atoms in total. The van der Waals surface area contributed by atoms with Crippen molar-refractivity contribution < 1.29 is 23.8 Å². The minimum atomic E-state index is -2.79. The average molecular weight is 318 g/mol. The summed E-state index contributed by atoms with van der Waals surface area (Å²) in [6.45, 7) is 4.16.